The lowest BCUT2D eigenvalue weighted by molar-refractivity contribution is 0.0886. The van der Waals surface area contributed by atoms with Gasteiger partial charge in [0.15, 0.2) is 0 Å². The van der Waals surface area contributed by atoms with Gasteiger partial charge in [0, 0.05) is 6.04 Å². The number of nitrogens with one attached hydrogen (secondary N) is 1. The van der Waals surface area contributed by atoms with E-state index in [2.05, 4.69) is 37.8 Å². The number of rotatable bonds is 0. The van der Waals surface area contributed by atoms with Crippen molar-refractivity contribution in [3.63, 3.8) is 0 Å². The summed E-state index contributed by atoms with van der Waals surface area (Å²) in [6.45, 7) is 7.06. The summed E-state index contributed by atoms with van der Waals surface area (Å²) in [6.07, 6.45) is 4.05. The average Bonchev–Trinajstić information content (AvgIpc) is 1.81. The van der Waals surface area contributed by atoms with Crippen LogP contribution in [0.25, 0.3) is 0 Å². The Bertz CT molecular complexity index is 175. The van der Waals surface area contributed by atoms with Crippen LogP contribution < -0.4 is 5.32 Å². The molecule has 2 heteroatoms. The molecule has 1 saturated carbocycles. The minimum Gasteiger partial charge on any atom is -0.300 e. The molecular weight excluding hydrogens is 166 g/mol. The van der Waals surface area contributed by atoms with E-state index in [0.717, 1.165) is 6.04 Å². The molecule has 2 aliphatic rings. The van der Waals surface area contributed by atoms with Crippen molar-refractivity contribution in [1.29, 1.82) is 0 Å². The minimum atomic E-state index is 0.473. The molecule has 0 bridgehead atoms. The Kier molecular flexibility index (Phi) is 1.96. The molecule has 1 spiro atoms. The summed E-state index contributed by atoms with van der Waals surface area (Å²) in [5.41, 5.74) is 0.594. The zero-order valence-corrected chi connectivity index (χ0v) is 9.13. The van der Waals surface area contributed by atoms with Crippen molar-refractivity contribution >= 4 is 11.8 Å². The summed E-state index contributed by atoms with van der Waals surface area (Å²) in [4.78, 5) is 0.473. The first kappa shape index (κ1) is 8.89. The van der Waals surface area contributed by atoms with Gasteiger partial charge < -0.3 is 5.32 Å². The maximum atomic E-state index is 3.75. The summed E-state index contributed by atoms with van der Waals surface area (Å²) in [5.74, 6) is 1.35. The summed E-state index contributed by atoms with van der Waals surface area (Å²) in [6, 6.07) is 0.738. The predicted molar refractivity (Wildman–Crippen MR) is 55.4 cm³/mol. The molecule has 1 aliphatic heterocycles. The van der Waals surface area contributed by atoms with Gasteiger partial charge >= 0.3 is 0 Å². The van der Waals surface area contributed by atoms with E-state index in [4.69, 9.17) is 0 Å². The van der Waals surface area contributed by atoms with Gasteiger partial charge in [-0.25, -0.2) is 0 Å². The second-order valence-electron chi connectivity index (χ2n) is 5.19. The molecule has 0 radical (unpaired) electrons. The van der Waals surface area contributed by atoms with E-state index in [-0.39, 0.29) is 0 Å². The fourth-order valence-corrected chi connectivity index (χ4v) is 4.82. The first-order chi connectivity index (χ1) is 5.52. The third-order valence-electron chi connectivity index (χ3n) is 2.97. The molecule has 2 fully saturated rings. The minimum absolute atomic E-state index is 0.473. The third-order valence-corrected chi connectivity index (χ3v) is 4.37. The Labute approximate surface area is 79.7 Å². The van der Waals surface area contributed by atoms with Gasteiger partial charge in [-0.3, -0.25) is 0 Å². The number of hydrogen-bond acceptors (Lipinski definition) is 2. The highest BCUT2D eigenvalue weighted by Gasteiger charge is 2.50. The molecule has 1 nitrogen and oxygen atoms in total. The second kappa shape index (κ2) is 2.65. The monoisotopic (exact) mass is 185 g/mol. The first-order valence-electron chi connectivity index (χ1n) is 4.93. The molecular formula is C10H19NS. The van der Waals surface area contributed by atoms with E-state index in [0.29, 0.717) is 10.3 Å². The summed E-state index contributed by atoms with van der Waals surface area (Å²) in [7, 11) is 0. The molecule has 1 heterocycles. The lowest BCUT2D eigenvalue weighted by atomic mass is 9.67. The van der Waals surface area contributed by atoms with E-state index >= 15 is 0 Å². The van der Waals surface area contributed by atoms with Gasteiger partial charge in [-0.15, -0.1) is 11.8 Å². The second-order valence-corrected chi connectivity index (χ2v) is 6.67. The Morgan fingerprint density at radius 2 is 2.00 bits per heavy atom. The van der Waals surface area contributed by atoms with E-state index in [1.54, 1.807) is 0 Å². The highest BCUT2D eigenvalue weighted by atomic mass is 32.2. The standard InChI is InChI=1S/C10H19NS/c1-8-4-5-12-10(11-8)6-9(2,3)7-10/h8,11H,4-7H2,1-3H3. The normalized spacial score (nSPS) is 37.8. The largest absolute Gasteiger partial charge is 0.300 e. The Balaban J connectivity index is 1.96. The topological polar surface area (TPSA) is 12.0 Å². The fraction of sp³-hybridized carbons (Fsp3) is 1.00. The van der Waals surface area contributed by atoms with E-state index < -0.39 is 0 Å². The van der Waals surface area contributed by atoms with Crippen LogP contribution in [-0.2, 0) is 0 Å². The van der Waals surface area contributed by atoms with Crippen molar-refractivity contribution in [1.82, 2.24) is 5.32 Å². The van der Waals surface area contributed by atoms with Crippen molar-refractivity contribution in [2.24, 2.45) is 5.41 Å². The van der Waals surface area contributed by atoms with E-state index in [1.165, 1.54) is 25.0 Å². The van der Waals surface area contributed by atoms with Gasteiger partial charge in [-0.05, 0) is 37.4 Å². The third kappa shape index (κ3) is 1.51. The van der Waals surface area contributed by atoms with Crippen LogP contribution in [-0.4, -0.2) is 16.7 Å². The lowest BCUT2D eigenvalue weighted by Crippen LogP contribution is -2.60. The van der Waals surface area contributed by atoms with Gasteiger partial charge in [0.25, 0.3) is 0 Å². The average molecular weight is 185 g/mol. The number of hydrogen-bond donors (Lipinski definition) is 1. The van der Waals surface area contributed by atoms with Gasteiger partial charge in [-0.1, -0.05) is 13.8 Å². The van der Waals surface area contributed by atoms with Crippen LogP contribution in [0.1, 0.15) is 40.0 Å². The quantitative estimate of drug-likeness (QED) is 0.622. The van der Waals surface area contributed by atoms with Crippen molar-refractivity contribution in [3.05, 3.63) is 0 Å². The van der Waals surface area contributed by atoms with E-state index in [9.17, 15) is 0 Å². The Hall–Kier alpha value is 0.310. The fourth-order valence-electron chi connectivity index (χ4n) is 2.69. The van der Waals surface area contributed by atoms with Crippen LogP contribution >= 0.6 is 11.8 Å². The molecule has 0 aromatic rings. The van der Waals surface area contributed by atoms with Crippen LogP contribution in [0.3, 0.4) is 0 Å². The maximum Gasteiger partial charge on any atom is 0.0657 e. The molecule has 1 N–H and O–H groups in total. The van der Waals surface area contributed by atoms with Gasteiger partial charge in [0.05, 0.1) is 4.87 Å². The Morgan fingerprint density at radius 3 is 2.50 bits per heavy atom. The highest BCUT2D eigenvalue weighted by Crippen LogP contribution is 2.55. The SMILES string of the molecule is CC1CCSC2(CC(C)(C)C2)N1. The van der Waals surface area contributed by atoms with Gasteiger partial charge in [0.1, 0.15) is 0 Å². The van der Waals surface area contributed by atoms with Crippen LogP contribution in [0.15, 0.2) is 0 Å². The zero-order valence-electron chi connectivity index (χ0n) is 8.31. The highest BCUT2D eigenvalue weighted by molar-refractivity contribution is 8.00. The van der Waals surface area contributed by atoms with Crippen LogP contribution in [0.2, 0.25) is 0 Å². The van der Waals surface area contributed by atoms with Crippen LogP contribution in [0.5, 0.6) is 0 Å². The molecule has 0 aromatic heterocycles. The van der Waals surface area contributed by atoms with E-state index in [1.807, 2.05) is 0 Å². The summed E-state index contributed by atoms with van der Waals surface area (Å²) < 4.78 is 0. The predicted octanol–water partition coefficient (Wildman–Crippen LogP) is 2.62. The van der Waals surface area contributed by atoms with Crippen molar-refractivity contribution < 1.29 is 0 Å². The number of thioether (sulfide) groups is 1. The molecule has 70 valence electrons. The molecule has 1 saturated heterocycles. The van der Waals surface area contributed by atoms with Crippen molar-refractivity contribution in [3.8, 4) is 0 Å². The summed E-state index contributed by atoms with van der Waals surface area (Å²) >= 11 is 2.15. The molecule has 12 heavy (non-hydrogen) atoms. The van der Waals surface area contributed by atoms with Crippen LogP contribution in [0, 0.1) is 5.41 Å². The molecule has 2 rings (SSSR count). The summed E-state index contributed by atoms with van der Waals surface area (Å²) in [5, 5.41) is 3.75. The molecule has 1 atom stereocenters. The molecule has 1 unspecified atom stereocenters. The first-order valence-corrected chi connectivity index (χ1v) is 5.92. The molecule has 0 amide bonds. The maximum absolute atomic E-state index is 3.75. The van der Waals surface area contributed by atoms with Crippen molar-refractivity contribution in [2.45, 2.75) is 50.9 Å². The van der Waals surface area contributed by atoms with Gasteiger partial charge in [-0.2, -0.15) is 0 Å². The van der Waals surface area contributed by atoms with Gasteiger partial charge in [0.2, 0.25) is 0 Å². The zero-order chi connectivity index (χ0) is 8.82. The van der Waals surface area contributed by atoms with Crippen molar-refractivity contribution in [2.75, 3.05) is 5.75 Å². The lowest BCUT2D eigenvalue weighted by Gasteiger charge is -2.56. The van der Waals surface area contributed by atoms with Crippen LogP contribution in [0.4, 0.5) is 0 Å². The molecule has 1 aliphatic carbocycles. The molecule has 0 aromatic carbocycles. The smallest absolute Gasteiger partial charge is 0.0657 e. The Morgan fingerprint density at radius 1 is 1.33 bits per heavy atom.